The zero-order chi connectivity index (χ0) is 19.5. The molecular weight excluding hydrogens is 356 g/mol. The van der Waals surface area contributed by atoms with Gasteiger partial charge in [-0.2, -0.15) is 5.10 Å². The van der Waals surface area contributed by atoms with Gasteiger partial charge in [0.1, 0.15) is 11.3 Å². The highest BCUT2D eigenvalue weighted by atomic mass is 16.4. The van der Waals surface area contributed by atoms with Crippen molar-refractivity contribution in [1.29, 1.82) is 0 Å². The van der Waals surface area contributed by atoms with Crippen LogP contribution in [-0.4, -0.2) is 29.2 Å². The lowest BCUT2D eigenvalue weighted by atomic mass is 9.94. The van der Waals surface area contributed by atoms with E-state index in [-0.39, 0.29) is 11.5 Å². The fourth-order valence-electron chi connectivity index (χ4n) is 3.60. The Morgan fingerprint density at radius 1 is 1.21 bits per heavy atom. The van der Waals surface area contributed by atoms with Crippen molar-refractivity contribution in [2.24, 2.45) is 0 Å². The first-order valence-corrected chi connectivity index (χ1v) is 9.39. The lowest BCUT2D eigenvalue weighted by Crippen LogP contribution is -2.28. The molecule has 144 valence electrons. The van der Waals surface area contributed by atoms with Gasteiger partial charge in [-0.25, -0.2) is 4.79 Å². The van der Waals surface area contributed by atoms with Crippen LogP contribution < -0.4 is 16.3 Å². The van der Waals surface area contributed by atoms with Crippen molar-refractivity contribution in [2.75, 3.05) is 18.4 Å². The SMILES string of the molecule is Cc1cc(C2CCNCC2)oc(=O)c1C(=O)Nc1cn[nH]c1-c1ccccc1. The van der Waals surface area contributed by atoms with E-state index in [0.717, 1.165) is 31.5 Å². The van der Waals surface area contributed by atoms with Crippen molar-refractivity contribution in [1.82, 2.24) is 15.5 Å². The molecule has 0 atom stereocenters. The lowest BCUT2D eigenvalue weighted by molar-refractivity contribution is 0.102. The molecule has 3 aromatic rings. The molecule has 1 fully saturated rings. The summed E-state index contributed by atoms with van der Waals surface area (Å²) in [7, 11) is 0. The minimum atomic E-state index is -0.601. The number of aromatic nitrogens is 2. The first-order valence-electron chi connectivity index (χ1n) is 9.39. The second-order valence-corrected chi connectivity index (χ2v) is 7.00. The van der Waals surface area contributed by atoms with Gasteiger partial charge in [0.2, 0.25) is 0 Å². The molecule has 1 aliphatic rings. The van der Waals surface area contributed by atoms with Gasteiger partial charge in [-0.3, -0.25) is 9.89 Å². The van der Waals surface area contributed by atoms with Crippen LogP contribution in [0.1, 0.15) is 40.4 Å². The number of rotatable bonds is 4. The topological polar surface area (TPSA) is 100 Å². The quantitative estimate of drug-likeness (QED) is 0.648. The number of carbonyl (C=O) groups excluding carboxylic acids is 1. The minimum Gasteiger partial charge on any atom is -0.427 e. The number of H-pyrrole nitrogens is 1. The fraction of sp³-hybridized carbons (Fsp3) is 0.286. The van der Waals surface area contributed by atoms with Crippen molar-refractivity contribution in [3.05, 3.63) is 69.9 Å². The number of aromatic amines is 1. The molecule has 4 rings (SSSR count). The third kappa shape index (κ3) is 3.61. The van der Waals surface area contributed by atoms with E-state index in [1.165, 1.54) is 6.20 Å². The molecule has 3 heterocycles. The molecule has 28 heavy (non-hydrogen) atoms. The van der Waals surface area contributed by atoms with Crippen LogP contribution in [0.15, 0.2) is 51.8 Å². The fourth-order valence-corrected chi connectivity index (χ4v) is 3.60. The number of aryl methyl sites for hydroxylation is 1. The highest BCUT2D eigenvalue weighted by Gasteiger charge is 2.23. The van der Waals surface area contributed by atoms with E-state index in [4.69, 9.17) is 4.42 Å². The van der Waals surface area contributed by atoms with Gasteiger partial charge in [0, 0.05) is 11.5 Å². The van der Waals surface area contributed by atoms with E-state index < -0.39 is 11.5 Å². The van der Waals surface area contributed by atoms with Crippen molar-refractivity contribution in [2.45, 2.75) is 25.7 Å². The molecule has 1 saturated heterocycles. The predicted molar refractivity (Wildman–Crippen MR) is 107 cm³/mol. The van der Waals surface area contributed by atoms with Gasteiger partial charge in [-0.15, -0.1) is 0 Å². The maximum absolute atomic E-state index is 12.8. The van der Waals surface area contributed by atoms with Crippen LogP contribution in [0.5, 0.6) is 0 Å². The molecule has 1 amide bonds. The number of hydrogen-bond acceptors (Lipinski definition) is 5. The van der Waals surface area contributed by atoms with E-state index in [1.54, 1.807) is 6.92 Å². The Morgan fingerprint density at radius 3 is 2.68 bits per heavy atom. The van der Waals surface area contributed by atoms with Crippen molar-refractivity contribution < 1.29 is 9.21 Å². The molecule has 0 saturated carbocycles. The Kier molecular flexibility index (Phi) is 5.08. The number of piperidine rings is 1. The maximum atomic E-state index is 12.8. The summed E-state index contributed by atoms with van der Waals surface area (Å²) in [5, 5.41) is 13.0. The van der Waals surface area contributed by atoms with Crippen LogP contribution in [0.2, 0.25) is 0 Å². The first-order chi connectivity index (χ1) is 13.6. The Bertz CT molecular complexity index is 1030. The van der Waals surface area contributed by atoms with Gasteiger partial charge in [-0.05, 0) is 44.5 Å². The van der Waals surface area contributed by atoms with Crippen LogP contribution >= 0.6 is 0 Å². The van der Waals surface area contributed by atoms with E-state index in [2.05, 4.69) is 20.8 Å². The smallest absolute Gasteiger partial charge is 0.349 e. The molecule has 0 bridgehead atoms. The minimum absolute atomic E-state index is 0.0258. The summed E-state index contributed by atoms with van der Waals surface area (Å²) >= 11 is 0. The number of amides is 1. The van der Waals surface area contributed by atoms with Crippen molar-refractivity contribution >= 4 is 11.6 Å². The highest BCUT2D eigenvalue weighted by molar-refractivity contribution is 6.06. The van der Waals surface area contributed by atoms with Gasteiger partial charge in [0.05, 0.1) is 17.6 Å². The van der Waals surface area contributed by atoms with Crippen molar-refractivity contribution in [3.8, 4) is 11.3 Å². The lowest BCUT2D eigenvalue weighted by Gasteiger charge is -2.21. The molecule has 0 radical (unpaired) electrons. The van der Waals surface area contributed by atoms with Gasteiger partial charge < -0.3 is 15.1 Å². The highest BCUT2D eigenvalue weighted by Crippen LogP contribution is 2.27. The van der Waals surface area contributed by atoms with Crippen LogP contribution in [0.25, 0.3) is 11.3 Å². The summed E-state index contributed by atoms with van der Waals surface area (Å²) in [6, 6.07) is 11.4. The maximum Gasteiger partial charge on any atom is 0.349 e. The predicted octanol–water partition coefficient (Wildman–Crippen LogP) is 3.06. The summed E-state index contributed by atoms with van der Waals surface area (Å²) < 4.78 is 5.52. The standard InChI is InChI=1S/C21H22N4O3/c1-13-11-17(14-7-9-22-10-8-14)28-21(27)18(13)20(26)24-16-12-23-25-19(16)15-5-3-2-4-6-15/h2-6,11-12,14,22H,7-10H2,1H3,(H,23,25)(H,24,26). The Labute approximate surface area is 162 Å². The molecule has 0 aliphatic carbocycles. The van der Waals surface area contributed by atoms with Gasteiger partial charge in [0.25, 0.3) is 5.91 Å². The third-order valence-electron chi connectivity index (χ3n) is 5.09. The summed E-state index contributed by atoms with van der Waals surface area (Å²) in [6.07, 6.45) is 3.37. The Hall–Kier alpha value is -3.19. The zero-order valence-corrected chi connectivity index (χ0v) is 15.6. The van der Waals surface area contributed by atoms with E-state index >= 15 is 0 Å². The summed E-state index contributed by atoms with van der Waals surface area (Å²) in [5.41, 5.74) is 2.13. The van der Waals surface area contributed by atoms with Crippen LogP contribution in [0.4, 0.5) is 5.69 Å². The number of anilines is 1. The summed E-state index contributed by atoms with van der Waals surface area (Å²) in [5.74, 6) is 0.374. The van der Waals surface area contributed by atoms with Crippen LogP contribution in [-0.2, 0) is 0 Å². The summed E-state index contributed by atoms with van der Waals surface area (Å²) in [4.78, 5) is 25.4. The number of hydrogen-bond donors (Lipinski definition) is 3. The average molecular weight is 378 g/mol. The Balaban J connectivity index is 1.59. The number of nitrogens with zero attached hydrogens (tertiary/aromatic N) is 1. The Morgan fingerprint density at radius 2 is 1.96 bits per heavy atom. The van der Waals surface area contributed by atoms with Gasteiger partial charge in [0.15, 0.2) is 0 Å². The van der Waals surface area contributed by atoms with Crippen molar-refractivity contribution in [3.63, 3.8) is 0 Å². The number of carbonyl (C=O) groups is 1. The average Bonchev–Trinajstić information content (AvgIpc) is 3.17. The molecule has 7 heteroatoms. The third-order valence-corrected chi connectivity index (χ3v) is 5.09. The molecule has 7 nitrogen and oxygen atoms in total. The normalized spacial score (nSPS) is 14.8. The van der Waals surface area contributed by atoms with Crippen LogP contribution in [0, 0.1) is 6.92 Å². The molecule has 2 aromatic heterocycles. The molecule has 1 aromatic carbocycles. The van der Waals surface area contributed by atoms with Gasteiger partial charge >= 0.3 is 5.63 Å². The first kappa shape index (κ1) is 18.2. The molecule has 0 unspecified atom stereocenters. The second kappa shape index (κ2) is 7.82. The molecular formula is C21H22N4O3. The van der Waals surface area contributed by atoms with Gasteiger partial charge in [-0.1, -0.05) is 30.3 Å². The second-order valence-electron chi connectivity index (χ2n) is 7.00. The number of benzene rings is 1. The molecule has 3 N–H and O–H groups in total. The van der Waals surface area contributed by atoms with E-state index in [0.29, 0.717) is 22.7 Å². The molecule has 0 spiro atoms. The number of nitrogens with one attached hydrogen (secondary N) is 3. The van der Waals surface area contributed by atoms with E-state index in [9.17, 15) is 9.59 Å². The molecule has 1 aliphatic heterocycles. The monoisotopic (exact) mass is 378 g/mol. The largest absolute Gasteiger partial charge is 0.427 e. The summed E-state index contributed by atoms with van der Waals surface area (Å²) in [6.45, 7) is 3.57. The van der Waals surface area contributed by atoms with E-state index in [1.807, 2.05) is 36.4 Å². The zero-order valence-electron chi connectivity index (χ0n) is 15.6. The van der Waals surface area contributed by atoms with Crippen LogP contribution in [0.3, 0.4) is 0 Å².